The molecular weight excluding hydrogens is 370 g/mol. The van der Waals surface area contributed by atoms with Gasteiger partial charge in [0.05, 0.1) is 18.4 Å². The highest BCUT2D eigenvalue weighted by Crippen LogP contribution is 2.30. The van der Waals surface area contributed by atoms with Gasteiger partial charge in [0.15, 0.2) is 5.11 Å². The van der Waals surface area contributed by atoms with E-state index in [9.17, 15) is 13.6 Å². The van der Waals surface area contributed by atoms with E-state index < -0.39 is 12.6 Å². The summed E-state index contributed by atoms with van der Waals surface area (Å²) in [5.74, 6) is -0.516. The first-order valence-corrected chi connectivity index (χ1v) is 8.50. The van der Waals surface area contributed by atoms with Crippen LogP contribution in [0.5, 0.6) is 5.75 Å². The lowest BCUT2D eigenvalue weighted by molar-refractivity contribution is -0.0493. The average Bonchev–Trinajstić information content (AvgIpc) is 2.98. The molecular formula is C16H16F2N2O3S2. The molecule has 1 heterocycles. The minimum atomic E-state index is -2.94. The summed E-state index contributed by atoms with van der Waals surface area (Å²) >= 11 is 6.57. The molecule has 0 bridgehead atoms. The molecule has 2 N–H and O–H groups in total. The molecule has 0 unspecified atom stereocenters. The summed E-state index contributed by atoms with van der Waals surface area (Å²) in [6.45, 7) is -0.981. The molecule has 2 rings (SSSR count). The van der Waals surface area contributed by atoms with E-state index in [1.807, 2.05) is 6.92 Å². The van der Waals surface area contributed by atoms with Crippen molar-refractivity contribution in [2.45, 2.75) is 20.0 Å². The van der Waals surface area contributed by atoms with E-state index in [0.717, 1.165) is 11.3 Å². The number of thiocarbonyl (C=S) groups is 1. The molecule has 0 spiro atoms. The molecule has 0 saturated carbocycles. The molecule has 0 aliphatic rings. The van der Waals surface area contributed by atoms with Crippen molar-refractivity contribution in [2.75, 3.05) is 17.7 Å². The molecule has 2 aromatic rings. The SMILES string of the molecule is CCc1cc(C(=O)OC)c(NC(=S)Nc2ccccc2OC(F)F)s1. The van der Waals surface area contributed by atoms with Crippen LogP contribution >= 0.6 is 23.6 Å². The van der Waals surface area contributed by atoms with Gasteiger partial charge in [0, 0.05) is 4.88 Å². The van der Waals surface area contributed by atoms with Crippen LogP contribution in [0.25, 0.3) is 0 Å². The number of rotatable bonds is 6. The summed E-state index contributed by atoms with van der Waals surface area (Å²) < 4.78 is 34.1. The molecule has 9 heteroatoms. The number of alkyl halides is 2. The first-order chi connectivity index (χ1) is 11.9. The second kappa shape index (κ2) is 8.72. The fourth-order valence-corrected chi connectivity index (χ4v) is 3.26. The zero-order valence-electron chi connectivity index (χ0n) is 13.5. The molecule has 0 fully saturated rings. The number of carbonyl (C=O) groups excluding carboxylic acids is 1. The number of halogens is 2. The lowest BCUT2D eigenvalue weighted by Gasteiger charge is -2.14. The Bertz CT molecular complexity index is 766. The van der Waals surface area contributed by atoms with Crippen molar-refractivity contribution in [3.63, 3.8) is 0 Å². The third-order valence-corrected chi connectivity index (χ3v) is 4.51. The first-order valence-electron chi connectivity index (χ1n) is 7.27. The number of hydrogen-bond acceptors (Lipinski definition) is 5. The number of anilines is 2. The van der Waals surface area contributed by atoms with Crippen molar-refractivity contribution in [2.24, 2.45) is 0 Å². The zero-order chi connectivity index (χ0) is 18.4. The van der Waals surface area contributed by atoms with Gasteiger partial charge in [-0.2, -0.15) is 8.78 Å². The van der Waals surface area contributed by atoms with Crippen LogP contribution in [0.1, 0.15) is 22.2 Å². The third kappa shape index (κ3) is 5.10. The van der Waals surface area contributed by atoms with Crippen LogP contribution in [0.4, 0.5) is 19.5 Å². The number of nitrogens with one attached hydrogen (secondary N) is 2. The van der Waals surface area contributed by atoms with Crippen molar-refractivity contribution in [3.05, 3.63) is 40.8 Å². The highest BCUT2D eigenvalue weighted by molar-refractivity contribution is 7.80. The number of hydrogen-bond donors (Lipinski definition) is 2. The molecule has 0 aliphatic heterocycles. The van der Waals surface area contributed by atoms with Crippen molar-refractivity contribution < 1.29 is 23.0 Å². The number of para-hydroxylation sites is 2. The number of ether oxygens (including phenoxy) is 2. The summed E-state index contributed by atoms with van der Waals surface area (Å²) in [4.78, 5) is 12.8. The molecule has 1 aromatic heterocycles. The number of thiophene rings is 1. The quantitative estimate of drug-likeness (QED) is 0.563. The number of benzene rings is 1. The Hall–Kier alpha value is -2.26. The highest BCUT2D eigenvalue weighted by Gasteiger charge is 2.18. The van der Waals surface area contributed by atoms with Crippen molar-refractivity contribution >= 4 is 45.3 Å². The minimum absolute atomic E-state index is 0.0322. The van der Waals surface area contributed by atoms with Crippen LogP contribution in [0.3, 0.4) is 0 Å². The van der Waals surface area contributed by atoms with Gasteiger partial charge in [-0.1, -0.05) is 19.1 Å². The summed E-state index contributed by atoms with van der Waals surface area (Å²) in [6, 6.07) is 7.91. The van der Waals surface area contributed by atoms with Crippen LogP contribution in [-0.2, 0) is 11.2 Å². The summed E-state index contributed by atoms with van der Waals surface area (Å²) in [5, 5.41) is 6.36. The predicted octanol–water partition coefficient (Wildman–Crippen LogP) is 4.51. The van der Waals surface area contributed by atoms with Gasteiger partial charge >= 0.3 is 12.6 Å². The van der Waals surface area contributed by atoms with Crippen molar-refractivity contribution in [1.29, 1.82) is 0 Å². The summed E-state index contributed by atoms with van der Waals surface area (Å²) in [6.07, 6.45) is 0.752. The smallest absolute Gasteiger partial charge is 0.387 e. The Kier molecular flexibility index (Phi) is 6.65. The van der Waals surface area contributed by atoms with E-state index in [-0.39, 0.29) is 16.5 Å². The lowest BCUT2D eigenvalue weighted by atomic mass is 10.2. The largest absolute Gasteiger partial charge is 0.465 e. The Morgan fingerprint density at radius 1 is 1.32 bits per heavy atom. The van der Waals surface area contributed by atoms with E-state index in [1.165, 1.54) is 24.5 Å². The molecule has 0 aliphatic carbocycles. The molecule has 5 nitrogen and oxygen atoms in total. The van der Waals surface area contributed by atoms with E-state index >= 15 is 0 Å². The fraction of sp³-hybridized carbons (Fsp3) is 0.250. The summed E-state index contributed by atoms with van der Waals surface area (Å²) in [5.41, 5.74) is 0.651. The Morgan fingerprint density at radius 2 is 2.04 bits per heavy atom. The van der Waals surface area contributed by atoms with Gasteiger partial charge in [0.25, 0.3) is 0 Å². The van der Waals surface area contributed by atoms with Crippen LogP contribution in [0.2, 0.25) is 0 Å². The second-order valence-electron chi connectivity index (χ2n) is 4.75. The lowest BCUT2D eigenvalue weighted by Crippen LogP contribution is -2.20. The average molecular weight is 386 g/mol. The number of methoxy groups -OCH3 is 1. The van der Waals surface area contributed by atoms with E-state index in [0.29, 0.717) is 10.6 Å². The standard InChI is InChI=1S/C16H16F2N2O3S2/c1-3-9-8-10(14(21)22-2)13(25-9)20-16(24)19-11-6-4-5-7-12(11)23-15(17)18/h4-8,15H,3H2,1-2H3,(H2,19,20,24). The maximum Gasteiger partial charge on any atom is 0.387 e. The van der Waals surface area contributed by atoms with E-state index in [2.05, 4.69) is 15.4 Å². The molecule has 0 atom stereocenters. The fourth-order valence-electron chi connectivity index (χ4n) is 2.00. The highest BCUT2D eigenvalue weighted by atomic mass is 32.1. The topological polar surface area (TPSA) is 59.6 Å². The Labute approximate surface area is 152 Å². The summed E-state index contributed by atoms with van der Waals surface area (Å²) in [7, 11) is 1.30. The van der Waals surface area contributed by atoms with E-state index in [4.69, 9.17) is 17.0 Å². The Morgan fingerprint density at radius 3 is 2.68 bits per heavy atom. The van der Waals surface area contributed by atoms with Gasteiger partial charge in [0.1, 0.15) is 10.8 Å². The minimum Gasteiger partial charge on any atom is -0.465 e. The molecule has 0 radical (unpaired) electrons. The first kappa shape index (κ1) is 19.1. The van der Waals surface area contributed by atoms with Gasteiger partial charge < -0.3 is 20.1 Å². The second-order valence-corrected chi connectivity index (χ2v) is 6.30. The molecule has 134 valence electrons. The maximum atomic E-state index is 12.5. The molecule has 1 aromatic carbocycles. The van der Waals surface area contributed by atoms with Gasteiger partial charge in [-0.25, -0.2) is 4.79 Å². The third-order valence-electron chi connectivity index (χ3n) is 3.12. The van der Waals surface area contributed by atoms with Crippen LogP contribution in [-0.4, -0.2) is 24.8 Å². The number of aryl methyl sites for hydroxylation is 1. The van der Waals surface area contributed by atoms with Gasteiger partial charge in [0.2, 0.25) is 0 Å². The number of carbonyl (C=O) groups is 1. The van der Waals surface area contributed by atoms with Crippen molar-refractivity contribution in [3.8, 4) is 5.75 Å². The monoisotopic (exact) mass is 386 g/mol. The zero-order valence-corrected chi connectivity index (χ0v) is 15.1. The normalized spacial score (nSPS) is 10.4. The molecule has 0 amide bonds. The van der Waals surface area contributed by atoms with Gasteiger partial charge in [-0.3, -0.25) is 0 Å². The van der Waals surface area contributed by atoms with Crippen LogP contribution in [0.15, 0.2) is 30.3 Å². The Balaban J connectivity index is 2.16. The molecule has 25 heavy (non-hydrogen) atoms. The number of esters is 1. The maximum absolute atomic E-state index is 12.5. The van der Waals surface area contributed by atoms with Crippen LogP contribution < -0.4 is 15.4 Å². The van der Waals surface area contributed by atoms with Gasteiger partial charge in [-0.05, 0) is 36.8 Å². The van der Waals surface area contributed by atoms with E-state index in [1.54, 1.807) is 24.3 Å². The van der Waals surface area contributed by atoms with Gasteiger partial charge in [-0.15, -0.1) is 11.3 Å². The van der Waals surface area contributed by atoms with Crippen molar-refractivity contribution in [1.82, 2.24) is 0 Å². The predicted molar refractivity (Wildman–Crippen MR) is 98.0 cm³/mol. The van der Waals surface area contributed by atoms with Crippen LogP contribution in [0, 0.1) is 0 Å². The molecule has 0 saturated heterocycles.